The highest BCUT2D eigenvalue weighted by Crippen LogP contribution is 2.31. The fraction of sp³-hybridized carbons (Fsp3) is 0.304. The van der Waals surface area contributed by atoms with Gasteiger partial charge in [-0.3, -0.25) is 9.69 Å². The second-order valence-corrected chi connectivity index (χ2v) is 7.42. The Morgan fingerprint density at radius 2 is 2.03 bits per heavy atom. The summed E-state index contributed by atoms with van der Waals surface area (Å²) in [6, 6.07) is 14.6. The molecule has 2 heterocycles. The van der Waals surface area contributed by atoms with E-state index in [1.165, 1.54) is 6.07 Å². The Kier molecular flexibility index (Phi) is 6.09. The van der Waals surface area contributed by atoms with Crippen LogP contribution in [-0.2, 0) is 17.9 Å². The Labute approximate surface area is 175 Å². The Bertz CT molecular complexity index is 1020. The van der Waals surface area contributed by atoms with Gasteiger partial charge < -0.3 is 14.6 Å². The first-order chi connectivity index (χ1) is 14.6. The van der Waals surface area contributed by atoms with Crippen molar-refractivity contribution < 1.29 is 13.9 Å². The zero-order chi connectivity index (χ0) is 20.9. The number of rotatable bonds is 6. The lowest BCUT2D eigenvalue weighted by atomic mass is 10.1. The highest BCUT2D eigenvalue weighted by atomic mass is 19.1. The van der Waals surface area contributed by atoms with Crippen molar-refractivity contribution in [3.8, 4) is 5.75 Å². The van der Waals surface area contributed by atoms with Crippen molar-refractivity contribution in [1.29, 1.82) is 0 Å². The Morgan fingerprint density at radius 3 is 2.83 bits per heavy atom. The first-order valence-corrected chi connectivity index (χ1v) is 10.1. The number of para-hydroxylation sites is 1. The van der Waals surface area contributed by atoms with Gasteiger partial charge in [0, 0.05) is 49.7 Å². The van der Waals surface area contributed by atoms with Gasteiger partial charge in [-0.05, 0) is 19.1 Å². The van der Waals surface area contributed by atoms with Crippen LogP contribution in [-0.4, -0.2) is 40.0 Å². The Morgan fingerprint density at radius 1 is 1.23 bits per heavy atom. The SMILES string of the molecule is Cc1nccn1CC(=O)NCCN1Cc2ccccc2OC(c2ccccc2F)C1. The minimum atomic E-state index is -0.417. The number of carbonyl (C=O) groups is 1. The van der Waals surface area contributed by atoms with E-state index in [2.05, 4.69) is 15.2 Å². The van der Waals surface area contributed by atoms with Crippen molar-refractivity contribution in [2.24, 2.45) is 0 Å². The Balaban J connectivity index is 1.42. The standard InChI is InChI=1S/C23H25FN4O2/c1-17-25-11-13-28(17)16-23(29)26-10-12-27-14-18-6-2-5-9-21(18)30-22(15-27)19-7-3-4-8-20(19)24/h2-9,11,13,22H,10,12,14-16H2,1H3,(H,26,29). The summed E-state index contributed by atoms with van der Waals surface area (Å²) in [6.07, 6.45) is 3.05. The summed E-state index contributed by atoms with van der Waals surface area (Å²) in [7, 11) is 0. The molecule has 0 spiro atoms. The molecular weight excluding hydrogens is 383 g/mol. The molecule has 156 valence electrons. The minimum Gasteiger partial charge on any atom is -0.484 e. The summed E-state index contributed by atoms with van der Waals surface area (Å²) in [4.78, 5) is 18.6. The number of benzene rings is 2. The number of aromatic nitrogens is 2. The summed E-state index contributed by atoms with van der Waals surface area (Å²) in [6.45, 7) is 4.46. The summed E-state index contributed by atoms with van der Waals surface area (Å²) >= 11 is 0. The highest BCUT2D eigenvalue weighted by molar-refractivity contribution is 5.75. The maximum Gasteiger partial charge on any atom is 0.240 e. The number of aryl methyl sites for hydroxylation is 1. The number of imidazole rings is 1. The maximum absolute atomic E-state index is 14.4. The van der Waals surface area contributed by atoms with Gasteiger partial charge in [-0.1, -0.05) is 36.4 Å². The molecule has 1 aliphatic rings. The number of nitrogens with zero attached hydrogens (tertiary/aromatic N) is 3. The van der Waals surface area contributed by atoms with Gasteiger partial charge in [0.15, 0.2) is 0 Å². The lowest BCUT2D eigenvalue weighted by Gasteiger charge is -2.24. The first-order valence-electron chi connectivity index (χ1n) is 10.1. The van der Waals surface area contributed by atoms with Gasteiger partial charge in [-0.2, -0.15) is 0 Å². The average Bonchev–Trinajstić information content (AvgIpc) is 3.03. The zero-order valence-corrected chi connectivity index (χ0v) is 16.9. The summed E-state index contributed by atoms with van der Waals surface area (Å²) in [5.74, 6) is 1.24. The van der Waals surface area contributed by atoms with Crippen LogP contribution in [0.25, 0.3) is 0 Å². The summed E-state index contributed by atoms with van der Waals surface area (Å²) in [5, 5.41) is 2.96. The molecule has 0 saturated heterocycles. The highest BCUT2D eigenvalue weighted by Gasteiger charge is 2.26. The minimum absolute atomic E-state index is 0.0618. The van der Waals surface area contributed by atoms with E-state index in [0.29, 0.717) is 31.7 Å². The fourth-order valence-electron chi connectivity index (χ4n) is 3.68. The van der Waals surface area contributed by atoms with Crippen molar-refractivity contribution in [2.75, 3.05) is 19.6 Å². The second kappa shape index (κ2) is 9.09. The van der Waals surface area contributed by atoms with Crippen LogP contribution in [0.15, 0.2) is 60.9 Å². The van der Waals surface area contributed by atoms with E-state index in [1.54, 1.807) is 29.1 Å². The molecule has 3 aromatic rings. The normalized spacial score (nSPS) is 16.4. The molecule has 0 saturated carbocycles. The molecule has 6 nitrogen and oxygen atoms in total. The molecule has 0 bridgehead atoms. The molecule has 1 atom stereocenters. The maximum atomic E-state index is 14.4. The van der Waals surface area contributed by atoms with E-state index in [1.807, 2.05) is 37.3 Å². The van der Waals surface area contributed by atoms with Crippen LogP contribution >= 0.6 is 0 Å². The number of nitrogens with one attached hydrogen (secondary N) is 1. The van der Waals surface area contributed by atoms with Crippen LogP contribution in [0.4, 0.5) is 4.39 Å². The molecular formula is C23H25FN4O2. The van der Waals surface area contributed by atoms with E-state index >= 15 is 0 Å². The number of ether oxygens (including phenoxy) is 1. The predicted octanol–water partition coefficient (Wildman–Crippen LogP) is 3.08. The largest absolute Gasteiger partial charge is 0.484 e. The van der Waals surface area contributed by atoms with Gasteiger partial charge >= 0.3 is 0 Å². The van der Waals surface area contributed by atoms with Crippen LogP contribution in [0.1, 0.15) is 23.1 Å². The predicted molar refractivity (Wildman–Crippen MR) is 111 cm³/mol. The topological polar surface area (TPSA) is 59.4 Å². The smallest absolute Gasteiger partial charge is 0.240 e. The summed E-state index contributed by atoms with van der Waals surface area (Å²) in [5.41, 5.74) is 1.59. The molecule has 0 aliphatic carbocycles. The van der Waals surface area contributed by atoms with E-state index in [9.17, 15) is 9.18 Å². The van der Waals surface area contributed by atoms with Gasteiger partial charge in [0.25, 0.3) is 0 Å². The van der Waals surface area contributed by atoms with Crippen LogP contribution in [0.3, 0.4) is 0 Å². The molecule has 2 aromatic carbocycles. The molecule has 1 aromatic heterocycles. The second-order valence-electron chi connectivity index (χ2n) is 7.42. The number of hydrogen-bond acceptors (Lipinski definition) is 4. The van der Waals surface area contributed by atoms with Crippen LogP contribution in [0, 0.1) is 12.7 Å². The molecule has 1 unspecified atom stereocenters. The number of halogens is 1. The van der Waals surface area contributed by atoms with E-state index < -0.39 is 6.10 Å². The van der Waals surface area contributed by atoms with Crippen molar-refractivity contribution >= 4 is 5.91 Å². The van der Waals surface area contributed by atoms with Crippen LogP contribution < -0.4 is 10.1 Å². The molecule has 30 heavy (non-hydrogen) atoms. The summed E-state index contributed by atoms with van der Waals surface area (Å²) < 4.78 is 22.4. The Hall–Kier alpha value is -3.19. The third-order valence-corrected chi connectivity index (χ3v) is 5.30. The van der Waals surface area contributed by atoms with Gasteiger partial charge in [0.2, 0.25) is 5.91 Å². The molecule has 4 rings (SSSR count). The number of carbonyl (C=O) groups excluding carboxylic acids is 1. The van der Waals surface area contributed by atoms with Crippen molar-refractivity contribution in [2.45, 2.75) is 26.1 Å². The molecule has 1 N–H and O–H groups in total. The lowest BCUT2D eigenvalue weighted by molar-refractivity contribution is -0.121. The molecule has 0 fully saturated rings. The number of amides is 1. The van der Waals surface area contributed by atoms with Crippen molar-refractivity contribution in [3.05, 3.63) is 83.7 Å². The average molecular weight is 408 g/mol. The lowest BCUT2D eigenvalue weighted by Crippen LogP contribution is -2.37. The van der Waals surface area contributed by atoms with Crippen molar-refractivity contribution in [1.82, 2.24) is 19.8 Å². The first kappa shape index (κ1) is 20.1. The van der Waals surface area contributed by atoms with Gasteiger partial charge in [0.1, 0.15) is 30.0 Å². The quantitative estimate of drug-likeness (QED) is 0.681. The van der Waals surface area contributed by atoms with Crippen molar-refractivity contribution in [3.63, 3.8) is 0 Å². The third-order valence-electron chi connectivity index (χ3n) is 5.30. The molecule has 7 heteroatoms. The van der Waals surface area contributed by atoms with E-state index in [4.69, 9.17) is 4.74 Å². The third kappa shape index (κ3) is 4.68. The van der Waals surface area contributed by atoms with Gasteiger partial charge in [-0.25, -0.2) is 9.37 Å². The van der Waals surface area contributed by atoms with E-state index in [0.717, 1.165) is 17.1 Å². The molecule has 0 radical (unpaired) electrons. The number of hydrogen-bond donors (Lipinski definition) is 1. The van der Waals surface area contributed by atoms with Crippen LogP contribution in [0.5, 0.6) is 5.75 Å². The van der Waals surface area contributed by atoms with Gasteiger partial charge in [-0.15, -0.1) is 0 Å². The van der Waals surface area contributed by atoms with Crippen LogP contribution in [0.2, 0.25) is 0 Å². The monoisotopic (exact) mass is 408 g/mol. The molecule has 1 amide bonds. The molecule has 1 aliphatic heterocycles. The van der Waals surface area contributed by atoms with Gasteiger partial charge in [0.05, 0.1) is 0 Å². The van der Waals surface area contributed by atoms with E-state index in [-0.39, 0.29) is 18.3 Å². The fourth-order valence-corrected chi connectivity index (χ4v) is 3.68. The number of fused-ring (bicyclic) bond motifs is 1. The zero-order valence-electron chi connectivity index (χ0n) is 16.9.